The molecule has 4 heteroatoms. The summed E-state index contributed by atoms with van der Waals surface area (Å²) in [7, 11) is 2.13. The van der Waals surface area contributed by atoms with Gasteiger partial charge in [0, 0.05) is 24.3 Å². The number of amides is 1. The molecule has 1 N–H and O–H groups in total. The van der Waals surface area contributed by atoms with Crippen molar-refractivity contribution < 1.29 is 4.79 Å². The Bertz CT molecular complexity index is 199. The van der Waals surface area contributed by atoms with Crippen molar-refractivity contribution in [1.82, 2.24) is 10.2 Å². The Balaban J connectivity index is 2.05. The summed E-state index contributed by atoms with van der Waals surface area (Å²) in [5.74, 6) is 0.205. The molecule has 1 fully saturated rings. The summed E-state index contributed by atoms with van der Waals surface area (Å²) in [5.41, 5.74) is 0. The lowest BCUT2D eigenvalue weighted by atomic mass is 10.2. The van der Waals surface area contributed by atoms with Crippen molar-refractivity contribution in [2.24, 2.45) is 0 Å². The predicted molar refractivity (Wildman–Crippen MR) is 66.3 cm³/mol. The Hall–Kier alpha value is -0.0900. The van der Waals surface area contributed by atoms with Crippen molar-refractivity contribution in [3.63, 3.8) is 0 Å². The minimum absolute atomic E-state index is 0.205. The second-order valence-corrected chi connectivity index (χ2v) is 5.02. The van der Waals surface area contributed by atoms with Crippen LogP contribution in [0.3, 0.4) is 0 Å². The highest BCUT2D eigenvalue weighted by molar-refractivity contribution is 9.09. The van der Waals surface area contributed by atoms with E-state index in [9.17, 15) is 4.79 Å². The molecule has 0 aromatic heterocycles. The van der Waals surface area contributed by atoms with Gasteiger partial charge in [0.25, 0.3) is 0 Å². The predicted octanol–water partition coefficient (Wildman–Crippen LogP) is 1.76. The average molecular weight is 277 g/mol. The smallest absolute Gasteiger partial charge is 0.220 e. The Labute approximate surface area is 101 Å². The highest BCUT2D eigenvalue weighted by Crippen LogP contribution is 2.13. The van der Waals surface area contributed by atoms with Gasteiger partial charge in [-0.3, -0.25) is 4.79 Å². The quantitative estimate of drug-likeness (QED) is 0.592. The summed E-state index contributed by atoms with van der Waals surface area (Å²) in [6, 6.07) is 0.560. The maximum absolute atomic E-state index is 11.4. The van der Waals surface area contributed by atoms with Crippen molar-refractivity contribution in [3.05, 3.63) is 0 Å². The maximum atomic E-state index is 11.4. The van der Waals surface area contributed by atoms with Gasteiger partial charge >= 0.3 is 0 Å². The molecule has 1 atom stereocenters. The maximum Gasteiger partial charge on any atom is 0.220 e. The van der Waals surface area contributed by atoms with Crippen molar-refractivity contribution >= 4 is 21.8 Å². The van der Waals surface area contributed by atoms with E-state index in [1.807, 2.05) is 0 Å². The number of nitrogens with one attached hydrogen (secondary N) is 1. The SMILES string of the molecule is CN1CCCC1CNC(=O)CCCCBr. The number of halogens is 1. The van der Waals surface area contributed by atoms with Crippen LogP contribution in [0.5, 0.6) is 0 Å². The number of carbonyl (C=O) groups is 1. The van der Waals surface area contributed by atoms with Gasteiger partial charge in [-0.05, 0) is 39.3 Å². The number of nitrogens with zero attached hydrogens (tertiary/aromatic N) is 1. The normalized spacial score (nSPS) is 21.9. The molecule has 1 saturated heterocycles. The van der Waals surface area contributed by atoms with Gasteiger partial charge in [-0.1, -0.05) is 15.9 Å². The first kappa shape index (κ1) is 13.0. The molecule has 88 valence electrons. The summed E-state index contributed by atoms with van der Waals surface area (Å²) >= 11 is 3.36. The number of carbonyl (C=O) groups excluding carboxylic acids is 1. The minimum atomic E-state index is 0.205. The van der Waals surface area contributed by atoms with E-state index in [0.717, 1.165) is 24.7 Å². The van der Waals surface area contributed by atoms with Gasteiger partial charge in [0.1, 0.15) is 0 Å². The largest absolute Gasteiger partial charge is 0.355 e. The van der Waals surface area contributed by atoms with Crippen LogP contribution in [0.25, 0.3) is 0 Å². The zero-order valence-electron chi connectivity index (χ0n) is 9.47. The fraction of sp³-hybridized carbons (Fsp3) is 0.909. The van der Waals surface area contributed by atoms with Crippen molar-refractivity contribution in [3.8, 4) is 0 Å². The second-order valence-electron chi connectivity index (χ2n) is 4.23. The standard InChI is InChI=1S/C11H21BrN2O/c1-14-8-4-5-10(14)9-13-11(15)6-2-3-7-12/h10H,2-9H2,1H3,(H,13,15). The molecule has 0 spiro atoms. The second kappa shape index (κ2) is 7.23. The van der Waals surface area contributed by atoms with Crippen molar-refractivity contribution in [2.75, 3.05) is 25.5 Å². The first-order chi connectivity index (χ1) is 7.24. The third-order valence-corrected chi connectivity index (χ3v) is 3.55. The molecule has 1 unspecified atom stereocenters. The fourth-order valence-corrected chi connectivity index (χ4v) is 2.33. The number of hydrogen-bond acceptors (Lipinski definition) is 2. The van der Waals surface area contributed by atoms with Crippen LogP contribution in [-0.4, -0.2) is 42.3 Å². The summed E-state index contributed by atoms with van der Waals surface area (Å²) in [6.07, 6.45) is 5.22. The van der Waals surface area contributed by atoms with Crippen LogP contribution in [0.15, 0.2) is 0 Å². The average Bonchev–Trinajstić information content (AvgIpc) is 2.61. The Morgan fingerprint density at radius 3 is 2.93 bits per heavy atom. The molecule has 15 heavy (non-hydrogen) atoms. The minimum Gasteiger partial charge on any atom is -0.355 e. The first-order valence-corrected chi connectivity index (χ1v) is 6.89. The Morgan fingerprint density at radius 2 is 2.33 bits per heavy atom. The summed E-state index contributed by atoms with van der Waals surface area (Å²) < 4.78 is 0. The summed E-state index contributed by atoms with van der Waals surface area (Å²) in [5, 5.41) is 4.01. The van der Waals surface area contributed by atoms with Crippen LogP contribution in [0.4, 0.5) is 0 Å². The molecule has 1 aliphatic rings. The molecule has 0 radical (unpaired) electrons. The van der Waals surface area contributed by atoms with Crippen LogP contribution >= 0.6 is 15.9 Å². The van der Waals surface area contributed by atoms with Gasteiger partial charge in [0.15, 0.2) is 0 Å². The zero-order chi connectivity index (χ0) is 11.1. The summed E-state index contributed by atoms with van der Waals surface area (Å²) in [4.78, 5) is 13.8. The van der Waals surface area contributed by atoms with Gasteiger partial charge in [-0.25, -0.2) is 0 Å². The van der Waals surface area contributed by atoms with Crippen molar-refractivity contribution in [2.45, 2.75) is 38.1 Å². The van der Waals surface area contributed by atoms with Gasteiger partial charge in [-0.15, -0.1) is 0 Å². The third-order valence-electron chi connectivity index (χ3n) is 2.99. The molecule has 3 nitrogen and oxygen atoms in total. The van der Waals surface area contributed by atoms with Gasteiger partial charge in [0.05, 0.1) is 0 Å². The first-order valence-electron chi connectivity index (χ1n) is 5.77. The molecule has 1 aliphatic heterocycles. The number of unbranched alkanes of at least 4 members (excludes halogenated alkanes) is 1. The lowest BCUT2D eigenvalue weighted by Gasteiger charge is -2.19. The number of hydrogen-bond donors (Lipinski definition) is 1. The molecule has 0 aromatic carbocycles. The number of alkyl halides is 1. The fourth-order valence-electron chi connectivity index (χ4n) is 1.94. The number of likely N-dealkylation sites (N-methyl/N-ethyl adjacent to an activating group) is 1. The molecule has 0 bridgehead atoms. The topological polar surface area (TPSA) is 32.3 Å². The van der Waals surface area contributed by atoms with Crippen molar-refractivity contribution in [1.29, 1.82) is 0 Å². The highest BCUT2D eigenvalue weighted by Gasteiger charge is 2.20. The van der Waals surface area contributed by atoms with Gasteiger partial charge in [0.2, 0.25) is 5.91 Å². The van der Waals surface area contributed by atoms with E-state index < -0.39 is 0 Å². The van der Waals surface area contributed by atoms with Gasteiger partial charge in [-0.2, -0.15) is 0 Å². The van der Waals surface area contributed by atoms with E-state index in [-0.39, 0.29) is 5.91 Å². The lowest BCUT2D eigenvalue weighted by molar-refractivity contribution is -0.121. The lowest BCUT2D eigenvalue weighted by Crippen LogP contribution is -2.38. The summed E-state index contributed by atoms with van der Waals surface area (Å²) in [6.45, 7) is 1.99. The van der Waals surface area contributed by atoms with E-state index in [1.54, 1.807) is 0 Å². The molecule has 0 saturated carbocycles. The van der Waals surface area contributed by atoms with Crippen LogP contribution in [0.2, 0.25) is 0 Å². The van der Waals surface area contributed by atoms with E-state index in [4.69, 9.17) is 0 Å². The van der Waals surface area contributed by atoms with E-state index in [0.29, 0.717) is 12.5 Å². The Kier molecular flexibility index (Phi) is 6.25. The number of rotatable bonds is 6. The van der Waals surface area contributed by atoms with Crippen LogP contribution in [0.1, 0.15) is 32.1 Å². The molecule has 1 heterocycles. The van der Waals surface area contributed by atoms with Crippen LogP contribution < -0.4 is 5.32 Å². The Morgan fingerprint density at radius 1 is 1.53 bits per heavy atom. The highest BCUT2D eigenvalue weighted by atomic mass is 79.9. The van der Waals surface area contributed by atoms with E-state index in [1.165, 1.54) is 19.4 Å². The van der Waals surface area contributed by atoms with Crippen LogP contribution in [-0.2, 0) is 4.79 Å². The molecule has 0 aliphatic carbocycles. The van der Waals surface area contributed by atoms with Crippen LogP contribution in [0, 0.1) is 0 Å². The monoisotopic (exact) mass is 276 g/mol. The number of likely N-dealkylation sites (tertiary alicyclic amines) is 1. The van der Waals surface area contributed by atoms with E-state index >= 15 is 0 Å². The molecular weight excluding hydrogens is 256 g/mol. The third kappa shape index (κ3) is 4.98. The zero-order valence-corrected chi connectivity index (χ0v) is 11.1. The van der Waals surface area contributed by atoms with E-state index in [2.05, 4.69) is 33.2 Å². The molecule has 1 amide bonds. The van der Waals surface area contributed by atoms with Gasteiger partial charge < -0.3 is 10.2 Å². The molecule has 1 rings (SSSR count). The molecular formula is C11H21BrN2O. The molecule has 0 aromatic rings.